The number of phenolic OH excluding ortho intramolecular Hbond substituents is 1. The first-order valence-corrected chi connectivity index (χ1v) is 8.80. The zero-order valence-corrected chi connectivity index (χ0v) is 15.6. The van der Waals surface area contributed by atoms with Crippen LogP contribution in [0.25, 0.3) is 6.08 Å². The monoisotopic (exact) mass is 384 g/mol. The molecular formula is C21H24N2O5. The number of amides is 1. The van der Waals surface area contributed by atoms with Gasteiger partial charge >= 0.3 is 5.97 Å². The topological polar surface area (TPSA) is 108 Å². The number of aliphatic carboxylic acids is 1. The lowest BCUT2D eigenvalue weighted by Crippen LogP contribution is -2.45. The molecule has 7 heteroatoms. The molecule has 0 radical (unpaired) electrons. The number of hydrogen-bond acceptors (Lipinski definition) is 5. The number of methoxy groups -OCH3 is 1. The van der Waals surface area contributed by atoms with Crippen LogP contribution in [0, 0.1) is 0 Å². The zero-order chi connectivity index (χ0) is 20.4. The van der Waals surface area contributed by atoms with Gasteiger partial charge in [-0.15, -0.1) is 0 Å². The number of carbonyl (C=O) groups excluding carboxylic acids is 1. The summed E-state index contributed by atoms with van der Waals surface area (Å²) >= 11 is 0. The van der Waals surface area contributed by atoms with Crippen LogP contribution in [-0.2, 0) is 16.0 Å². The van der Waals surface area contributed by atoms with Crippen LogP contribution in [0.3, 0.4) is 0 Å². The quantitative estimate of drug-likeness (QED) is 0.466. The minimum Gasteiger partial charge on any atom is -0.504 e. The van der Waals surface area contributed by atoms with Gasteiger partial charge in [0.25, 0.3) is 0 Å². The van der Waals surface area contributed by atoms with Crippen molar-refractivity contribution in [1.82, 2.24) is 10.6 Å². The Morgan fingerprint density at radius 1 is 1.18 bits per heavy atom. The first-order valence-electron chi connectivity index (χ1n) is 8.80. The lowest BCUT2D eigenvalue weighted by Gasteiger charge is -2.14. The van der Waals surface area contributed by atoms with Crippen molar-refractivity contribution in [3.63, 3.8) is 0 Å². The summed E-state index contributed by atoms with van der Waals surface area (Å²) in [5.41, 5.74) is 1.69. The molecule has 0 aliphatic heterocycles. The third-order valence-corrected chi connectivity index (χ3v) is 3.98. The molecule has 28 heavy (non-hydrogen) atoms. The van der Waals surface area contributed by atoms with Crippen LogP contribution >= 0.6 is 0 Å². The van der Waals surface area contributed by atoms with Crippen molar-refractivity contribution < 1.29 is 24.5 Å². The number of rotatable bonds is 10. The molecule has 0 unspecified atom stereocenters. The number of carboxylic acids is 1. The molecule has 0 bridgehead atoms. The fourth-order valence-electron chi connectivity index (χ4n) is 2.56. The number of ether oxygens (including phenoxy) is 1. The van der Waals surface area contributed by atoms with E-state index in [1.807, 2.05) is 42.5 Å². The van der Waals surface area contributed by atoms with E-state index < -0.39 is 12.0 Å². The summed E-state index contributed by atoms with van der Waals surface area (Å²) in [6.07, 6.45) is 3.87. The van der Waals surface area contributed by atoms with Crippen LogP contribution in [0.4, 0.5) is 0 Å². The number of carbonyl (C=O) groups is 2. The molecule has 148 valence electrons. The second kappa shape index (κ2) is 10.7. The number of benzene rings is 2. The van der Waals surface area contributed by atoms with E-state index in [4.69, 9.17) is 4.74 Å². The maximum Gasteiger partial charge on any atom is 0.326 e. The number of hydrogen-bond donors (Lipinski definition) is 4. The van der Waals surface area contributed by atoms with Crippen LogP contribution in [0.15, 0.2) is 54.6 Å². The summed E-state index contributed by atoms with van der Waals surface area (Å²) < 4.78 is 5.04. The van der Waals surface area contributed by atoms with Gasteiger partial charge in [0.05, 0.1) is 13.7 Å². The van der Waals surface area contributed by atoms with Gasteiger partial charge in [0.1, 0.15) is 6.04 Å². The van der Waals surface area contributed by atoms with Crippen molar-refractivity contribution in [2.75, 3.05) is 20.2 Å². The van der Waals surface area contributed by atoms with Gasteiger partial charge in [0.15, 0.2) is 11.5 Å². The summed E-state index contributed by atoms with van der Waals surface area (Å²) in [5.74, 6) is -1.01. The van der Waals surface area contributed by atoms with E-state index in [1.165, 1.54) is 13.2 Å². The van der Waals surface area contributed by atoms with Crippen LogP contribution in [0.1, 0.15) is 11.1 Å². The molecule has 4 N–H and O–H groups in total. The molecule has 7 nitrogen and oxygen atoms in total. The number of aromatic hydroxyl groups is 1. The normalized spacial score (nSPS) is 11.9. The van der Waals surface area contributed by atoms with E-state index in [0.717, 1.165) is 11.1 Å². The molecule has 0 saturated heterocycles. The second-order valence-corrected chi connectivity index (χ2v) is 6.11. The van der Waals surface area contributed by atoms with Crippen LogP contribution in [-0.4, -0.2) is 48.3 Å². The molecule has 2 rings (SSSR count). The molecule has 1 amide bonds. The standard InChI is InChI=1S/C21H24N2O5/c1-28-19-13-16(9-10-18(19)24)8-5-11-22-14-20(25)23-17(21(26)27)12-15-6-3-2-4-7-15/h2-10,13,17,22,24H,11-12,14H2,1H3,(H,23,25)(H,26,27)/b8-5+/t17-/m0/s1. The Morgan fingerprint density at radius 3 is 2.61 bits per heavy atom. The van der Waals surface area contributed by atoms with Gasteiger partial charge in [0, 0.05) is 13.0 Å². The summed E-state index contributed by atoms with van der Waals surface area (Å²) in [4.78, 5) is 23.4. The average molecular weight is 384 g/mol. The molecule has 0 fully saturated rings. The van der Waals surface area contributed by atoms with E-state index in [2.05, 4.69) is 10.6 Å². The first-order chi connectivity index (χ1) is 13.5. The zero-order valence-electron chi connectivity index (χ0n) is 15.6. The lowest BCUT2D eigenvalue weighted by molar-refractivity contribution is -0.141. The molecule has 1 atom stereocenters. The molecule has 0 aliphatic rings. The fraction of sp³-hybridized carbons (Fsp3) is 0.238. The molecule has 0 aliphatic carbocycles. The largest absolute Gasteiger partial charge is 0.504 e. The fourth-order valence-corrected chi connectivity index (χ4v) is 2.56. The van der Waals surface area contributed by atoms with Crippen LogP contribution < -0.4 is 15.4 Å². The maximum absolute atomic E-state index is 12.0. The lowest BCUT2D eigenvalue weighted by atomic mass is 10.1. The van der Waals surface area contributed by atoms with Crippen molar-refractivity contribution in [2.24, 2.45) is 0 Å². The predicted molar refractivity (Wildman–Crippen MR) is 106 cm³/mol. The highest BCUT2D eigenvalue weighted by molar-refractivity contribution is 5.84. The average Bonchev–Trinajstić information content (AvgIpc) is 2.69. The third kappa shape index (κ3) is 6.77. The predicted octanol–water partition coefficient (Wildman–Crippen LogP) is 1.82. The van der Waals surface area contributed by atoms with Gasteiger partial charge in [-0.3, -0.25) is 4.79 Å². The van der Waals surface area contributed by atoms with Gasteiger partial charge in [-0.2, -0.15) is 0 Å². The highest BCUT2D eigenvalue weighted by Crippen LogP contribution is 2.26. The highest BCUT2D eigenvalue weighted by Gasteiger charge is 2.19. The highest BCUT2D eigenvalue weighted by atomic mass is 16.5. The van der Waals surface area contributed by atoms with Crippen molar-refractivity contribution in [3.8, 4) is 11.5 Å². The first kappa shape index (κ1) is 21.0. The Bertz CT molecular complexity index is 821. The van der Waals surface area contributed by atoms with Crippen LogP contribution in [0.5, 0.6) is 11.5 Å². The van der Waals surface area contributed by atoms with Crippen molar-refractivity contribution >= 4 is 18.0 Å². The summed E-state index contributed by atoms with van der Waals surface area (Å²) in [6.45, 7) is 0.425. The Morgan fingerprint density at radius 2 is 1.93 bits per heavy atom. The van der Waals surface area contributed by atoms with E-state index in [1.54, 1.807) is 12.1 Å². The minimum atomic E-state index is -1.07. The number of carboxylic acid groups (broad SMARTS) is 1. The molecule has 0 heterocycles. The van der Waals surface area contributed by atoms with Gasteiger partial charge in [-0.25, -0.2) is 4.79 Å². The van der Waals surface area contributed by atoms with Crippen LogP contribution in [0.2, 0.25) is 0 Å². The maximum atomic E-state index is 12.0. The molecule has 0 saturated carbocycles. The van der Waals surface area contributed by atoms with Crippen molar-refractivity contribution in [3.05, 3.63) is 65.7 Å². The van der Waals surface area contributed by atoms with E-state index in [-0.39, 0.29) is 24.6 Å². The summed E-state index contributed by atoms with van der Waals surface area (Å²) in [7, 11) is 1.48. The van der Waals surface area contributed by atoms with Gasteiger partial charge in [0.2, 0.25) is 5.91 Å². The third-order valence-electron chi connectivity index (χ3n) is 3.98. The van der Waals surface area contributed by atoms with Crippen molar-refractivity contribution in [1.29, 1.82) is 0 Å². The van der Waals surface area contributed by atoms with Crippen molar-refractivity contribution in [2.45, 2.75) is 12.5 Å². The van der Waals surface area contributed by atoms with Gasteiger partial charge < -0.3 is 25.6 Å². The van der Waals surface area contributed by atoms with E-state index in [0.29, 0.717) is 12.3 Å². The number of nitrogens with one attached hydrogen (secondary N) is 2. The summed E-state index contributed by atoms with van der Waals surface area (Å²) in [6, 6.07) is 13.1. The molecule has 2 aromatic carbocycles. The SMILES string of the molecule is COc1cc(/C=C/CNCC(=O)N[C@@H](Cc2ccccc2)C(=O)O)ccc1O. The summed E-state index contributed by atoms with van der Waals surface area (Å²) in [5, 5.41) is 24.3. The molecule has 0 aromatic heterocycles. The Hall–Kier alpha value is -3.32. The number of phenols is 1. The molecule has 2 aromatic rings. The Kier molecular flexibility index (Phi) is 8.05. The van der Waals surface area contributed by atoms with E-state index >= 15 is 0 Å². The molecular weight excluding hydrogens is 360 g/mol. The minimum absolute atomic E-state index is 0.00179. The van der Waals surface area contributed by atoms with Gasteiger partial charge in [-0.1, -0.05) is 48.6 Å². The Balaban J connectivity index is 1.77. The van der Waals surface area contributed by atoms with Gasteiger partial charge in [-0.05, 0) is 23.3 Å². The van der Waals surface area contributed by atoms with E-state index in [9.17, 15) is 19.8 Å². The Labute approximate surface area is 163 Å². The molecule has 0 spiro atoms. The second-order valence-electron chi connectivity index (χ2n) is 6.11. The smallest absolute Gasteiger partial charge is 0.326 e.